The van der Waals surface area contributed by atoms with Crippen molar-refractivity contribution in [1.29, 1.82) is 0 Å². The van der Waals surface area contributed by atoms with Crippen LogP contribution in [0.4, 0.5) is 0 Å². The van der Waals surface area contributed by atoms with E-state index in [1.54, 1.807) is 21.9 Å². The van der Waals surface area contributed by atoms with Gasteiger partial charge in [-0.1, -0.05) is 42.1 Å². The van der Waals surface area contributed by atoms with E-state index in [0.717, 1.165) is 17.5 Å². The highest BCUT2D eigenvalue weighted by molar-refractivity contribution is 7.98. The number of thioether (sulfide) groups is 1. The molecule has 0 unspecified atom stereocenters. The first kappa shape index (κ1) is 24.2. The van der Waals surface area contributed by atoms with Crippen LogP contribution in [0.15, 0.2) is 64.8 Å². The van der Waals surface area contributed by atoms with Crippen LogP contribution in [0.25, 0.3) is 10.2 Å². The molecule has 1 amide bonds. The van der Waals surface area contributed by atoms with Crippen LogP contribution < -0.4 is 5.56 Å². The van der Waals surface area contributed by atoms with Crippen molar-refractivity contribution in [2.45, 2.75) is 44.6 Å². The molecule has 0 fully saturated rings. The maximum absolute atomic E-state index is 13.7. The first-order valence-electron chi connectivity index (χ1n) is 11.4. The van der Waals surface area contributed by atoms with Crippen LogP contribution in [0, 0.1) is 6.92 Å². The number of aromatic nitrogens is 3. The highest BCUT2D eigenvalue weighted by Gasteiger charge is 2.24. The molecule has 34 heavy (non-hydrogen) atoms. The summed E-state index contributed by atoms with van der Waals surface area (Å²) in [4.78, 5) is 38.8. The molecule has 176 valence electrons. The molecule has 1 aromatic carbocycles. The molecule has 3 heterocycles. The second-order valence-electron chi connectivity index (χ2n) is 7.94. The summed E-state index contributed by atoms with van der Waals surface area (Å²) >= 11 is 2.86. The first-order chi connectivity index (χ1) is 16.5. The summed E-state index contributed by atoms with van der Waals surface area (Å²) < 4.78 is 1.77. The molecule has 0 saturated heterocycles. The van der Waals surface area contributed by atoms with Crippen LogP contribution in [0.5, 0.6) is 0 Å². The van der Waals surface area contributed by atoms with Crippen molar-refractivity contribution in [2.24, 2.45) is 0 Å². The molecule has 4 rings (SSSR count). The number of amides is 1. The molecule has 0 atom stereocenters. The summed E-state index contributed by atoms with van der Waals surface area (Å²) in [7, 11) is 0. The van der Waals surface area contributed by atoms with E-state index >= 15 is 0 Å². The number of rotatable bonds is 9. The Kier molecular flexibility index (Phi) is 7.80. The van der Waals surface area contributed by atoms with E-state index < -0.39 is 0 Å². The van der Waals surface area contributed by atoms with E-state index in [-0.39, 0.29) is 11.5 Å². The van der Waals surface area contributed by atoms with E-state index in [9.17, 15) is 9.59 Å². The monoisotopic (exact) mass is 492 g/mol. The van der Waals surface area contributed by atoms with Crippen molar-refractivity contribution in [1.82, 2.24) is 19.4 Å². The standard InChI is InChI=1S/C26H28N4O2S2/c1-4-29(5-2)25(32)22-18(3)21-23(34-22)28-26(33-17-20-11-14-27-15-12-20)30(24(21)31)16-13-19-9-7-6-8-10-19/h6-12,14-15H,4-5,13,16-17H2,1-3H3. The lowest BCUT2D eigenvalue weighted by Crippen LogP contribution is -2.30. The average Bonchev–Trinajstić information content (AvgIpc) is 3.20. The third-order valence-corrected chi connectivity index (χ3v) is 8.07. The molecule has 0 aliphatic rings. The maximum Gasteiger partial charge on any atom is 0.264 e. The van der Waals surface area contributed by atoms with Gasteiger partial charge in [0.05, 0.1) is 10.3 Å². The molecule has 0 saturated carbocycles. The summed E-state index contributed by atoms with van der Waals surface area (Å²) in [5, 5.41) is 1.23. The molecule has 0 spiro atoms. The predicted molar refractivity (Wildman–Crippen MR) is 140 cm³/mol. The fourth-order valence-electron chi connectivity index (χ4n) is 3.88. The van der Waals surface area contributed by atoms with E-state index in [0.29, 0.717) is 45.6 Å². The molecule has 0 aliphatic carbocycles. The Hall–Kier alpha value is -2.97. The Morgan fingerprint density at radius 1 is 1.06 bits per heavy atom. The largest absolute Gasteiger partial charge is 0.338 e. The molecule has 4 aromatic rings. The van der Waals surface area contributed by atoms with Gasteiger partial charge in [-0.2, -0.15) is 0 Å². The number of thiophene rings is 1. The number of nitrogens with zero attached hydrogens (tertiary/aromatic N) is 4. The van der Waals surface area contributed by atoms with Crippen LogP contribution >= 0.6 is 23.1 Å². The summed E-state index contributed by atoms with van der Waals surface area (Å²) in [5.74, 6) is 0.646. The van der Waals surface area contributed by atoms with E-state index in [2.05, 4.69) is 17.1 Å². The van der Waals surface area contributed by atoms with Gasteiger partial charge in [0.15, 0.2) is 5.16 Å². The lowest BCUT2D eigenvalue weighted by Gasteiger charge is -2.17. The second kappa shape index (κ2) is 11.0. The van der Waals surface area contributed by atoms with Crippen LogP contribution in [0.2, 0.25) is 0 Å². The van der Waals surface area contributed by atoms with E-state index in [1.165, 1.54) is 28.7 Å². The Morgan fingerprint density at radius 3 is 2.44 bits per heavy atom. The van der Waals surface area contributed by atoms with Gasteiger partial charge in [0.2, 0.25) is 0 Å². The lowest BCUT2D eigenvalue weighted by molar-refractivity contribution is 0.0777. The molecule has 3 aromatic heterocycles. The lowest BCUT2D eigenvalue weighted by atomic mass is 10.1. The van der Waals surface area contributed by atoms with E-state index in [4.69, 9.17) is 4.98 Å². The number of hydrogen-bond acceptors (Lipinski definition) is 6. The van der Waals surface area contributed by atoms with Crippen molar-refractivity contribution in [2.75, 3.05) is 13.1 Å². The SMILES string of the molecule is CCN(CC)C(=O)c1sc2nc(SCc3ccncc3)n(CCc3ccccc3)c(=O)c2c1C. The fourth-order valence-corrected chi connectivity index (χ4v) is 6.05. The molecule has 0 radical (unpaired) electrons. The van der Waals surface area contributed by atoms with Crippen LogP contribution in [0.3, 0.4) is 0 Å². The fraction of sp³-hybridized carbons (Fsp3) is 0.308. The number of aryl methyl sites for hydroxylation is 2. The zero-order valence-electron chi connectivity index (χ0n) is 19.7. The van der Waals surface area contributed by atoms with Crippen molar-refractivity contribution in [3.05, 3.63) is 86.8 Å². The average molecular weight is 493 g/mol. The zero-order valence-corrected chi connectivity index (χ0v) is 21.3. The number of carbonyl (C=O) groups is 1. The number of hydrogen-bond donors (Lipinski definition) is 0. The normalized spacial score (nSPS) is 11.1. The summed E-state index contributed by atoms with van der Waals surface area (Å²) in [6.07, 6.45) is 4.26. The summed E-state index contributed by atoms with van der Waals surface area (Å²) in [5.41, 5.74) is 2.93. The Morgan fingerprint density at radius 2 is 1.76 bits per heavy atom. The van der Waals surface area contributed by atoms with Gasteiger partial charge in [0, 0.05) is 37.8 Å². The van der Waals surface area contributed by atoms with Gasteiger partial charge < -0.3 is 4.90 Å². The van der Waals surface area contributed by atoms with Crippen LogP contribution in [0.1, 0.15) is 40.2 Å². The van der Waals surface area contributed by atoms with Gasteiger partial charge in [0.25, 0.3) is 11.5 Å². The smallest absolute Gasteiger partial charge is 0.264 e. The summed E-state index contributed by atoms with van der Waals surface area (Å²) in [6.45, 7) is 7.58. The van der Waals surface area contributed by atoms with Gasteiger partial charge in [-0.3, -0.25) is 19.1 Å². The number of benzene rings is 1. The van der Waals surface area contributed by atoms with Crippen molar-refractivity contribution >= 4 is 39.2 Å². The van der Waals surface area contributed by atoms with Gasteiger partial charge in [-0.15, -0.1) is 11.3 Å². The predicted octanol–water partition coefficient (Wildman–Crippen LogP) is 5.18. The minimum Gasteiger partial charge on any atom is -0.338 e. The molecule has 6 nitrogen and oxygen atoms in total. The second-order valence-corrected chi connectivity index (χ2v) is 9.89. The highest BCUT2D eigenvalue weighted by atomic mass is 32.2. The molecule has 8 heteroatoms. The topological polar surface area (TPSA) is 68.1 Å². The number of carbonyl (C=O) groups excluding carboxylic acids is 1. The van der Waals surface area contributed by atoms with Crippen LogP contribution in [-0.2, 0) is 18.7 Å². The number of pyridine rings is 1. The van der Waals surface area contributed by atoms with Gasteiger partial charge in [-0.05, 0) is 56.0 Å². The van der Waals surface area contributed by atoms with Crippen molar-refractivity contribution < 1.29 is 4.79 Å². The third kappa shape index (κ3) is 5.08. The third-order valence-electron chi connectivity index (χ3n) is 5.84. The van der Waals surface area contributed by atoms with Crippen LogP contribution in [-0.4, -0.2) is 38.4 Å². The summed E-state index contributed by atoms with van der Waals surface area (Å²) in [6, 6.07) is 14.1. The highest BCUT2D eigenvalue weighted by Crippen LogP contribution is 2.31. The van der Waals surface area contributed by atoms with Crippen molar-refractivity contribution in [3.8, 4) is 0 Å². The van der Waals surface area contributed by atoms with Crippen molar-refractivity contribution in [3.63, 3.8) is 0 Å². The molecule has 0 aliphatic heterocycles. The minimum atomic E-state index is -0.0782. The molecular formula is C26H28N4O2S2. The van der Waals surface area contributed by atoms with Gasteiger partial charge in [-0.25, -0.2) is 4.98 Å². The molecular weight excluding hydrogens is 464 g/mol. The quantitative estimate of drug-likeness (QED) is 0.238. The number of fused-ring (bicyclic) bond motifs is 1. The maximum atomic E-state index is 13.7. The Balaban J connectivity index is 1.76. The first-order valence-corrected chi connectivity index (χ1v) is 13.2. The Bertz CT molecular complexity index is 1330. The zero-order chi connectivity index (χ0) is 24.1. The Labute approximate surface area is 207 Å². The van der Waals surface area contributed by atoms with E-state index in [1.807, 2.05) is 51.1 Å². The molecule has 0 N–H and O–H groups in total. The minimum absolute atomic E-state index is 0.0354. The van der Waals surface area contributed by atoms with Gasteiger partial charge in [0.1, 0.15) is 4.83 Å². The molecule has 0 bridgehead atoms. The van der Waals surface area contributed by atoms with Gasteiger partial charge >= 0.3 is 0 Å².